The Morgan fingerprint density at radius 2 is 1.67 bits per heavy atom. The van der Waals surface area contributed by atoms with Crippen LogP contribution < -0.4 is 0 Å². The molecule has 2 aromatic rings. The van der Waals surface area contributed by atoms with Gasteiger partial charge in [0, 0.05) is 16.8 Å². The molecule has 18 heavy (non-hydrogen) atoms. The van der Waals surface area contributed by atoms with Gasteiger partial charge in [-0.3, -0.25) is 4.99 Å². The minimum atomic E-state index is 0.548. The monoisotopic (exact) mass is 257 g/mol. The number of nitrogens with zero attached hydrogens (tertiary/aromatic N) is 1. The van der Waals surface area contributed by atoms with Gasteiger partial charge in [-0.1, -0.05) is 55.8 Å². The zero-order valence-electron chi connectivity index (χ0n) is 10.6. The molecule has 2 heteroatoms. The maximum Gasteiger partial charge on any atom is 0.0630 e. The number of hydrogen-bond donors (Lipinski definition) is 0. The van der Waals surface area contributed by atoms with Crippen molar-refractivity contribution >= 4 is 23.5 Å². The highest BCUT2D eigenvalue weighted by Gasteiger charge is 1.98. The van der Waals surface area contributed by atoms with Gasteiger partial charge >= 0.3 is 0 Å². The Balaban J connectivity index is 2.17. The summed E-state index contributed by atoms with van der Waals surface area (Å²) in [5.74, 6) is 0.548. The molecule has 0 amide bonds. The van der Waals surface area contributed by atoms with E-state index in [0.29, 0.717) is 5.92 Å². The van der Waals surface area contributed by atoms with Gasteiger partial charge in [-0.2, -0.15) is 0 Å². The van der Waals surface area contributed by atoms with E-state index >= 15 is 0 Å². The second-order valence-corrected chi connectivity index (χ2v) is 4.93. The van der Waals surface area contributed by atoms with Crippen LogP contribution in [0.4, 0.5) is 5.69 Å². The first-order valence-corrected chi connectivity index (χ1v) is 6.43. The molecule has 0 atom stereocenters. The first kappa shape index (κ1) is 12.8. The van der Waals surface area contributed by atoms with Crippen LogP contribution in [0.2, 0.25) is 5.02 Å². The summed E-state index contributed by atoms with van der Waals surface area (Å²) in [6, 6.07) is 16.0. The summed E-state index contributed by atoms with van der Waals surface area (Å²) in [6.45, 7) is 4.37. The molecule has 0 aliphatic carbocycles. The molecule has 0 heterocycles. The van der Waals surface area contributed by atoms with Gasteiger partial charge in [0.1, 0.15) is 0 Å². The van der Waals surface area contributed by atoms with E-state index in [9.17, 15) is 0 Å². The van der Waals surface area contributed by atoms with Crippen LogP contribution in [0.3, 0.4) is 0 Å². The van der Waals surface area contributed by atoms with Gasteiger partial charge in [-0.05, 0) is 29.7 Å². The Bertz CT molecular complexity index is 541. The lowest BCUT2D eigenvalue weighted by atomic mass is 10.0. The van der Waals surface area contributed by atoms with E-state index in [2.05, 4.69) is 31.0 Å². The Hall–Kier alpha value is -1.60. The molecule has 0 radical (unpaired) electrons. The second-order valence-electron chi connectivity index (χ2n) is 4.53. The zero-order valence-corrected chi connectivity index (χ0v) is 11.4. The van der Waals surface area contributed by atoms with Gasteiger partial charge in [0.2, 0.25) is 0 Å². The summed E-state index contributed by atoms with van der Waals surface area (Å²) < 4.78 is 0. The maximum atomic E-state index is 6.07. The van der Waals surface area contributed by atoms with E-state index in [0.717, 1.165) is 16.3 Å². The van der Waals surface area contributed by atoms with Crippen molar-refractivity contribution in [3.8, 4) is 0 Å². The first-order valence-electron chi connectivity index (χ1n) is 6.05. The molecule has 0 fully saturated rings. The molecule has 0 bridgehead atoms. The Kier molecular flexibility index (Phi) is 4.16. The third-order valence-electron chi connectivity index (χ3n) is 2.82. The van der Waals surface area contributed by atoms with Gasteiger partial charge in [0.15, 0.2) is 0 Å². The van der Waals surface area contributed by atoms with Gasteiger partial charge in [0.25, 0.3) is 0 Å². The van der Waals surface area contributed by atoms with Crippen molar-refractivity contribution in [1.82, 2.24) is 0 Å². The van der Waals surface area contributed by atoms with Crippen molar-refractivity contribution in [2.24, 2.45) is 4.99 Å². The lowest BCUT2D eigenvalue weighted by Gasteiger charge is -2.04. The minimum absolute atomic E-state index is 0.548. The maximum absolute atomic E-state index is 6.07. The lowest BCUT2D eigenvalue weighted by Crippen LogP contribution is -1.85. The number of halogens is 1. The third kappa shape index (κ3) is 3.21. The summed E-state index contributed by atoms with van der Waals surface area (Å²) in [5, 5.41) is 0.722. The number of rotatable bonds is 3. The van der Waals surface area contributed by atoms with E-state index in [1.807, 2.05) is 36.4 Å². The average molecular weight is 258 g/mol. The van der Waals surface area contributed by atoms with Crippen molar-refractivity contribution in [1.29, 1.82) is 0 Å². The van der Waals surface area contributed by atoms with Crippen LogP contribution in [-0.2, 0) is 0 Å². The molecule has 0 saturated carbocycles. The number of hydrogen-bond acceptors (Lipinski definition) is 1. The third-order valence-corrected chi connectivity index (χ3v) is 3.16. The lowest BCUT2D eigenvalue weighted by molar-refractivity contribution is 0.867. The van der Waals surface area contributed by atoms with E-state index in [4.69, 9.17) is 11.6 Å². The van der Waals surface area contributed by atoms with Crippen molar-refractivity contribution in [3.05, 3.63) is 64.7 Å². The molecule has 92 valence electrons. The van der Waals surface area contributed by atoms with E-state index in [1.54, 1.807) is 6.21 Å². The quantitative estimate of drug-likeness (QED) is 0.669. The fourth-order valence-corrected chi connectivity index (χ4v) is 1.85. The minimum Gasteiger partial charge on any atom is -0.256 e. The van der Waals surface area contributed by atoms with Crippen LogP contribution in [-0.4, -0.2) is 6.21 Å². The molecule has 2 aromatic carbocycles. The Morgan fingerprint density at radius 3 is 2.28 bits per heavy atom. The van der Waals surface area contributed by atoms with Crippen LogP contribution in [0.5, 0.6) is 0 Å². The summed E-state index contributed by atoms with van der Waals surface area (Å²) >= 11 is 6.07. The zero-order chi connectivity index (χ0) is 13.0. The Morgan fingerprint density at radius 1 is 1.00 bits per heavy atom. The molecule has 2 rings (SSSR count). The molecular weight excluding hydrogens is 242 g/mol. The van der Waals surface area contributed by atoms with Gasteiger partial charge in [-0.25, -0.2) is 0 Å². The molecule has 0 saturated heterocycles. The molecule has 0 N–H and O–H groups in total. The van der Waals surface area contributed by atoms with E-state index in [-0.39, 0.29) is 0 Å². The van der Waals surface area contributed by atoms with Crippen LogP contribution in [0.25, 0.3) is 0 Å². The van der Waals surface area contributed by atoms with Gasteiger partial charge in [-0.15, -0.1) is 0 Å². The molecular formula is C16H16ClN. The van der Waals surface area contributed by atoms with E-state index < -0.39 is 0 Å². The van der Waals surface area contributed by atoms with Crippen LogP contribution in [0.15, 0.2) is 53.5 Å². The smallest absolute Gasteiger partial charge is 0.0630 e. The number of aliphatic imine (C=N–C) groups is 1. The normalized spacial score (nSPS) is 11.3. The standard InChI is InChI=1S/C16H16ClN/c1-12(2)13-7-9-15(10-8-13)18-11-14-5-3-4-6-16(14)17/h3-12H,1-2H3. The van der Waals surface area contributed by atoms with Crippen molar-refractivity contribution in [3.63, 3.8) is 0 Å². The first-order chi connectivity index (χ1) is 8.66. The van der Waals surface area contributed by atoms with Crippen molar-refractivity contribution in [2.75, 3.05) is 0 Å². The molecule has 0 spiro atoms. The van der Waals surface area contributed by atoms with E-state index in [1.165, 1.54) is 5.56 Å². The molecule has 1 nitrogen and oxygen atoms in total. The van der Waals surface area contributed by atoms with Crippen molar-refractivity contribution in [2.45, 2.75) is 19.8 Å². The number of benzene rings is 2. The second kappa shape index (κ2) is 5.83. The molecule has 0 unspecified atom stereocenters. The fraction of sp³-hybridized carbons (Fsp3) is 0.188. The van der Waals surface area contributed by atoms with Crippen molar-refractivity contribution < 1.29 is 0 Å². The average Bonchev–Trinajstić information content (AvgIpc) is 2.38. The summed E-state index contributed by atoms with van der Waals surface area (Å²) in [6.07, 6.45) is 1.80. The van der Waals surface area contributed by atoms with Crippen LogP contribution in [0, 0.1) is 0 Å². The highest BCUT2D eigenvalue weighted by molar-refractivity contribution is 6.33. The Labute approximate surface area is 113 Å². The molecule has 0 aliphatic heterocycles. The van der Waals surface area contributed by atoms with Gasteiger partial charge in [0.05, 0.1) is 5.69 Å². The van der Waals surface area contributed by atoms with Crippen LogP contribution in [0.1, 0.15) is 30.9 Å². The summed E-state index contributed by atoms with van der Waals surface area (Å²) in [5.41, 5.74) is 3.21. The van der Waals surface area contributed by atoms with Crippen LogP contribution >= 0.6 is 11.6 Å². The molecule has 0 aliphatic rings. The predicted octanol–water partition coefficient (Wildman–Crippen LogP) is 5.21. The summed E-state index contributed by atoms with van der Waals surface area (Å²) in [7, 11) is 0. The summed E-state index contributed by atoms with van der Waals surface area (Å²) in [4.78, 5) is 4.43. The highest BCUT2D eigenvalue weighted by atomic mass is 35.5. The predicted molar refractivity (Wildman–Crippen MR) is 79.2 cm³/mol. The topological polar surface area (TPSA) is 12.4 Å². The van der Waals surface area contributed by atoms with Gasteiger partial charge < -0.3 is 0 Å². The SMILES string of the molecule is CC(C)c1ccc(N=Cc2ccccc2Cl)cc1. The molecule has 0 aromatic heterocycles. The largest absolute Gasteiger partial charge is 0.256 e. The fourth-order valence-electron chi connectivity index (χ4n) is 1.67. The highest BCUT2D eigenvalue weighted by Crippen LogP contribution is 2.19.